The maximum atomic E-state index is 13.8. The lowest BCUT2D eigenvalue weighted by molar-refractivity contribution is 0.601. The highest BCUT2D eigenvalue weighted by molar-refractivity contribution is 5.81. The van der Waals surface area contributed by atoms with Crippen LogP contribution in [0.25, 0.3) is 0 Å². The van der Waals surface area contributed by atoms with E-state index in [9.17, 15) is 4.39 Å². The van der Waals surface area contributed by atoms with Gasteiger partial charge >= 0.3 is 0 Å². The van der Waals surface area contributed by atoms with Crippen molar-refractivity contribution >= 4 is 5.96 Å². The number of aliphatic imine (C=N–C) groups is 1. The molecule has 4 heteroatoms. The van der Waals surface area contributed by atoms with E-state index in [-0.39, 0.29) is 11.7 Å². The molecule has 0 bridgehead atoms. The maximum Gasteiger partial charge on any atom is 0.191 e. The first kappa shape index (κ1) is 14.4. The van der Waals surface area contributed by atoms with Crippen LogP contribution in [0.1, 0.15) is 50.5 Å². The van der Waals surface area contributed by atoms with E-state index in [2.05, 4.69) is 15.6 Å². The van der Waals surface area contributed by atoms with Gasteiger partial charge in [0.25, 0.3) is 0 Å². The first-order chi connectivity index (χ1) is 10.3. The van der Waals surface area contributed by atoms with Gasteiger partial charge in [-0.25, -0.2) is 4.39 Å². The third-order valence-corrected chi connectivity index (χ3v) is 4.43. The number of benzene rings is 1. The van der Waals surface area contributed by atoms with Crippen molar-refractivity contribution in [2.75, 3.05) is 6.54 Å². The van der Waals surface area contributed by atoms with E-state index in [1.165, 1.54) is 25.7 Å². The molecule has 0 aliphatic heterocycles. The van der Waals surface area contributed by atoms with Crippen LogP contribution >= 0.6 is 0 Å². The molecule has 2 atom stereocenters. The molecule has 3 nitrogen and oxygen atoms in total. The molecule has 0 spiro atoms. The average molecular weight is 289 g/mol. The minimum Gasteiger partial charge on any atom is -0.354 e. The molecule has 0 radical (unpaired) electrons. The number of hydrogen-bond acceptors (Lipinski definition) is 1. The van der Waals surface area contributed by atoms with Gasteiger partial charge in [-0.3, -0.25) is 4.99 Å². The van der Waals surface area contributed by atoms with Crippen LogP contribution in [-0.4, -0.2) is 24.6 Å². The Morgan fingerprint density at radius 2 is 2.00 bits per heavy atom. The predicted molar refractivity (Wildman–Crippen MR) is 84.0 cm³/mol. The van der Waals surface area contributed by atoms with Gasteiger partial charge in [0.1, 0.15) is 5.82 Å². The Kier molecular flexibility index (Phi) is 4.42. The lowest BCUT2D eigenvalue weighted by Gasteiger charge is -2.17. The molecule has 1 aromatic carbocycles. The molecule has 2 aliphatic carbocycles. The Balaban J connectivity index is 1.58. The summed E-state index contributed by atoms with van der Waals surface area (Å²) in [6.07, 6.45) is 6.05. The summed E-state index contributed by atoms with van der Waals surface area (Å²) in [4.78, 5) is 4.52. The number of rotatable bonds is 4. The third kappa shape index (κ3) is 3.55. The van der Waals surface area contributed by atoms with Crippen LogP contribution in [0.4, 0.5) is 4.39 Å². The summed E-state index contributed by atoms with van der Waals surface area (Å²) in [6.45, 7) is 2.80. The van der Waals surface area contributed by atoms with Crippen LogP contribution in [-0.2, 0) is 0 Å². The molecule has 0 aromatic heterocycles. The van der Waals surface area contributed by atoms with Crippen LogP contribution in [0.15, 0.2) is 29.3 Å². The largest absolute Gasteiger partial charge is 0.354 e. The van der Waals surface area contributed by atoms with Crippen molar-refractivity contribution in [3.8, 4) is 0 Å². The van der Waals surface area contributed by atoms with E-state index in [4.69, 9.17) is 0 Å². The van der Waals surface area contributed by atoms with Gasteiger partial charge in [-0.15, -0.1) is 0 Å². The van der Waals surface area contributed by atoms with Crippen LogP contribution in [0.5, 0.6) is 0 Å². The molecular formula is C17H24FN3. The zero-order valence-corrected chi connectivity index (χ0v) is 12.6. The Bertz CT molecular complexity index is 509. The highest BCUT2D eigenvalue weighted by Gasteiger charge is 2.40. The standard InChI is InChI=1S/C17H24FN3/c1-2-19-17(20-12-7-3-4-8-12)21-16-11-14(16)13-9-5-6-10-15(13)18/h5-6,9-10,12,14,16H,2-4,7-8,11H2,1H3,(H2,19,20,21). The second-order valence-electron chi connectivity index (χ2n) is 6.06. The Hall–Kier alpha value is -1.58. The van der Waals surface area contributed by atoms with E-state index >= 15 is 0 Å². The maximum absolute atomic E-state index is 13.8. The third-order valence-electron chi connectivity index (χ3n) is 4.43. The van der Waals surface area contributed by atoms with Crippen molar-refractivity contribution in [3.63, 3.8) is 0 Å². The molecule has 114 valence electrons. The molecule has 2 unspecified atom stereocenters. The first-order valence-electron chi connectivity index (χ1n) is 8.10. The number of halogens is 1. The fraction of sp³-hybridized carbons (Fsp3) is 0.588. The highest BCUT2D eigenvalue weighted by atomic mass is 19.1. The van der Waals surface area contributed by atoms with E-state index < -0.39 is 0 Å². The van der Waals surface area contributed by atoms with Crippen molar-refractivity contribution in [1.82, 2.24) is 10.6 Å². The Morgan fingerprint density at radius 3 is 2.71 bits per heavy atom. The summed E-state index contributed by atoms with van der Waals surface area (Å²) in [5.74, 6) is 1.08. The van der Waals surface area contributed by atoms with Gasteiger partial charge in [-0.05, 0) is 37.8 Å². The number of nitrogens with zero attached hydrogens (tertiary/aromatic N) is 1. The second kappa shape index (κ2) is 6.46. The molecule has 1 aromatic rings. The molecule has 21 heavy (non-hydrogen) atoms. The summed E-state index contributed by atoms with van der Waals surface area (Å²) in [6, 6.07) is 7.95. The summed E-state index contributed by atoms with van der Waals surface area (Å²) < 4.78 is 13.8. The van der Waals surface area contributed by atoms with Crippen molar-refractivity contribution < 1.29 is 4.39 Å². The molecule has 0 saturated heterocycles. The van der Waals surface area contributed by atoms with Gasteiger partial charge in [0.2, 0.25) is 0 Å². The summed E-state index contributed by atoms with van der Waals surface area (Å²) in [5.41, 5.74) is 0.826. The van der Waals surface area contributed by atoms with Crippen LogP contribution in [0.3, 0.4) is 0 Å². The topological polar surface area (TPSA) is 36.4 Å². The van der Waals surface area contributed by atoms with Crippen molar-refractivity contribution in [1.29, 1.82) is 0 Å². The summed E-state index contributed by atoms with van der Waals surface area (Å²) in [7, 11) is 0. The van der Waals surface area contributed by atoms with Gasteiger partial charge in [0.15, 0.2) is 5.96 Å². The predicted octanol–water partition coefficient (Wildman–Crippen LogP) is 3.18. The second-order valence-corrected chi connectivity index (χ2v) is 6.06. The minimum atomic E-state index is -0.0930. The van der Waals surface area contributed by atoms with Gasteiger partial charge in [0.05, 0.1) is 0 Å². The summed E-state index contributed by atoms with van der Waals surface area (Å²) in [5, 5.41) is 6.99. The minimum absolute atomic E-state index is 0.0930. The highest BCUT2D eigenvalue weighted by Crippen LogP contribution is 2.41. The molecule has 2 aliphatic rings. The molecule has 0 heterocycles. The van der Waals surface area contributed by atoms with E-state index in [0.29, 0.717) is 12.1 Å². The van der Waals surface area contributed by atoms with Gasteiger partial charge < -0.3 is 10.6 Å². The molecule has 3 rings (SSSR count). The van der Waals surface area contributed by atoms with Gasteiger partial charge in [-0.2, -0.15) is 0 Å². The zero-order chi connectivity index (χ0) is 14.7. The lowest BCUT2D eigenvalue weighted by Crippen LogP contribution is -2.43. The number of guanidine groups is 1. The first-order valence-corrected chi connectivity index (χ1v) is 8.10. The Morgan fingerprint density at radius 1 is 1.24 bits per heavy atom. The van der Waals surface area contributed by atoms with Gasteiger partial charge in [0, 0.05) is 24.5 Å². The smallest absolute Gasteiger partial charge is 0.191 e. The fourth-order valence-electron chi connectivity index (χ4n) is 3.20. The van der Waals surface area contributed by atoms with Crippen molar-refractivity contribution in [3.05, 3.63) is 35.6 Å². The molecule has 2 N–H and O–H groups in total. The number of nitrogens with one attached hydrogen (secondary N) is 2. The summed E-state index contributed by atoms with van der Waals surface area (Å²) >= 11 is 0. The number of hydrogen-bond donors (Lipinski definition) is 2. The van der Waals surface area contributed by atoms with Crippen LogP contribution in [0, 0.1) is 5.82 Å². The molecule has 0 amide bonds. The van der Waals surface area contributed by atoms with Crippen molar-refractivity contribution in [2.45, 2.75) is 57.0 Å². The van der Waals surface area contributed by atoms with E-state index in [1.54, 1.807) is 12.1 Å². The average Bonchev–Trinajstić information content (AvgIpc) is 3.03. The molecule has 2 saturated carbocycles. The Labute approximate surface area is 126 Å². The van der Waals surface area contributed by atoms with Crippen molar-refractivity contribution in [2.24, 2.45) is 4.99 Å². The lowest BCUT2D eigenvalue weighted by atomic mass is 10.1. The van der Waals surface area contributed by atoms with E-state index in [1.807, 2.05) is 19.1 Å². The molecule has 2 fully saturated rings. The van der Waals surface area contributed by atoms with E-state index in [0.717, 1.165) is 24.5 Å². The van der Waals surface area contributed by atoms with Crippen LogP contribution in [0.2, 0.25) is 0 Å². The van der Waals surface area contributed by atoms with Gasteiger partial charge in [-0.1, -0.05) is 31.0 Å². The SMILES string of the molecule is CCN=C(NC1CCCC1)NC1CC1c1ccccc1F. The monoisotopic (exact) mass is 289 g/mol. The normalized spacial score (nSPS) is 25.9. The fourth-order valence-corrected chi connectivity index (χ4v) is 3.20. The zero-order valence-electron chi connectivity index (χ0n) is 12.6. The molecular weight excluding hydrogens is 265 g/mol. The van der Waals surface area contributed by atoms with Crippen LogP contribution < -0.4 is 10.6 Å². The quantitative estimate of drug-likeness (QED) is 0.660.